The number of benzene rings is 1. The van der Waals surface area contributed by atoms with Crippen LogP contribution in [-0.2, 0) is 4.79 Å². The minimum atomic E-state index is 0.0622. The summed E-state index contributed by atoms with van der Waals surface area (Å²) in [7, 11) is 7.41. The number of hydrogen-bond donors (Lipinski definition) is 0. The Morgan fingerprint density at radius 1 is 1.19 bits per heavy atom. The number of likely N-dealkylation sites (N-methyl/N-ethyl adjacent to an activating group) is 2. The number of carbonyl (C=O) groups excluding carboxylic acids is 1. The van der Waals surface area contributed by atoms with E-state index >= 15 is 0 Å². The van der Waals surface area contributed by atoms with Crippen LogP contribution < -0.4 is 4.74 Å². The molecule has 2 aliphatic rings. The van der Waals surface area contributed by atoms with Gasteiger partial charge in [0.05, 0.1) is 7.11 Å². The lowest BCUT2D eigenvalue weighted by atomic mass is 9.82. The number of amides is 1. The Morgan fingerprint density at radius 2 is 1.89 bits per heavy atom. The molecule has 4 heteroatoms. The van der Waals surface area contributed by atoms with Crippen LogP contribution in [0.4, 0.5) is 0 Å². The monoisotopic (exact) mass is 368 g/mol. The quantitative estimate of drug-likeness (QED) is 0.791. The van der Waals surface area contributed by atoms with Gasteiger partial charge in [-0.05, 0) is 61.1 Å². The molecule has 146 valence electrons. The average molecular weight is 369 g/mol. The van der Waals surface area contributed by atoms with Gasteiger partial charge in [-0.1, -0.05) is 19.3 Å². The van der Waals surface area contributed by atoms with Crippen LogP contribution in [0.5, 0.6) is 5.75 Å². The maximum atomic E-state index is 12.7. The van der Waals surface area contributed by atoms with Gasteiger partial charge in [0, 0.05) is 44.5 Å². The Balaban J connectivity index is 2.13. The summed E-state index contributed by atoms with van der Waals surface area (Å²) in [6.07, 6.45) is 8.56. The molecule has 0 N–H and O–H groups in total. The van der Waals surface area contributed by atoms with E-state index in [9.17, 15) is 4.79 Å². The number of allylic oxidation sites excluding steroid dienone is 1. The van der Waals surface area contributed by atoms with Gasteiger partial charge in [0.1, 0.15) is 5.75 Å². The Kier molecular flexibility index (Phi) is 5.93. The van der Waals surface area contributed by atoms with Crippen molar-refractivity contribution in [3.8, 4) is 5.75 Å². The van der Waals surface area contributed by atoms with E-state index in [4.69, 9.17) is 4.74 Å². The number of hydrogen-bond acceptors (Lipinski definition) is 3. The van der Waals surface area contributed by atoms with Gasteiger partial charge in [0.25, 0.3) is 5.91 Å². The van der Waals surface area contributed by atoms with Gasteiger partial charge in [-0.2, -0.15) is 0 Å². The molecule has 1 saturated carbocycles. The number of fused-ring (bicyclic) bond motifs is 1. The molecule has 1 aliphatic carbocycles. The SMILES string of the molecule is COc1ccc2c(c1)C=C(C(=O)N(C)C)CN(C)C2=C(C)C1CCCCC1. The molecular formula is C23H32N2O2. The van der Waals surface area contributed by atoms with Crippen molar-refractivity contribution in [2.24, 2.45) is 5.92 Å². The second-order valence-electron chi connectivity index (χ2n) is 8.04. The summed E-state index contributed by atoms with van der Waals surface area (Å²) >= 11 is 0. The minimum absolute atomic E-state index is 0.0622. The van der Waals surface area contributed by atoms with Crippen LogP contribution in [0.2, 0.25) is 0 Å². The van der Waals surface area contributed by atoms with Gasteiger partial charge in [0.2, 0.25) is 0 Å². The normalized spacial score (nSPS) is 19.7. The van der Waals surface area contributed by atoms with Crippen molar-refractivity contribution in [2.45, 2.75) is 39.0 Å². The first-order valence-electron chi connectivity index (χ1n) is 9.95. The van der Waals surface area contributed by atoms with Gasteiger partial charge in [0.15, 0.2) is 0 Å². The molecule has 0 radical (unpaired) electrons. The molecule has 1 aromatic rings. The predicted molar refractivity (Wildman–Crippen MR) is 111 cm³/mol. The van der Waals surface area contributed by atoms with Crippen molar-refractivity contribution in [1.82, 2.24) is 9.80 Å². The van der Waals surface area contributed by atoms with Crippen molar-refractivity contribution < 1.29 is 9.53 Å². The molecule has 3 rings (SSSR count). The first-order chi connectivity index (χ1) is 12.9. The molecule has 0 aromatic heterocycles. The van der Waals surface area contributed by atoms with Crippen LogP contribution in [0.3, 0.4) is 0 Å². The molecule has 1 aliphatic heterocycles. The van der Waals surface area contributed by atoms with Gasteiger partial charge in [-0.25, -0.2) is 0 Å². The fourth-order valence-corrected chi connectivity index (χ4v) is 4.44. The van der Waals surface area contributed by atoms with E-state index in [1.807, 2.05) is 32.3 Å². The zero-order valence-corrected chi connectivity index (χ0v) is 17.3. The summed E-state index contributed by atoms with van der Waals surface area (Å²) in [5, 5.41) is 0. The van der Waals surface area contributed by atoms with E-state index in [0.717, 1.165) is 16.9 Å². The van der Waals surface area contributed by atoms with E-state index in [0.29, 0.717) is 12.5 Å². The third-order valence-electron chi connectivity index (χ3n) is 5.90. The molecule has 4 nitrogen and oxygen atoms in total. The molecule has 0 unspecified atom stereocenters. The highest BCUT2D eigenvalue weighted by molar-refractivity contribution is 6.00. The van der Waals surface area contributed by atoms with Crippen molar-refractivity contribution >= 4 is 17.7 Å². The largest absolute Gasteiger partial charge is 0.497 e. The lowest BCUT2D eigenvalue weighted by molar-refractivity contribution is -0.124. The van der Waals surface area contributed by atoms with Crippen LogP contribution in [-0.4, -0.2) is 50.5 Å². The van der Waals surface area contributed by atoms with E-state index in [-0.39, 0.29) is 5.91 Å². The lowest BCUT2D eigenvalue weighted by Gasteiger charge is -2.30. The molecule has 1 aromatic carbocycles. The van der Waals surface area contributed by atoms with Crippen LogP contribution in [0.1, 0.15) is 50.2 Å². The highest BCUT2D eigenvalue weighted by Crippen LogP contribution is 2.38. The standard InChI is InChI=1S/C23H32N2O2/c1-16(17-9-7-6-8-10-17)22-21-12-11-20(27-5)14-18(21)13-19(15-25(22)4)23(26)24(2)3/h11-14,17H,6-10,15H2,1-5H3. The van der Waals surface area contributed by atoms with E-state index in [2.05, 4.69) is 24.9 Å². The molecule has 0 spiro atoms. The maximum Gasteiger partial charge on any atom is 0.251 e. The third kappa shape index (κ3) is 4.05. The zero-order chi connectivity index (χ0) is 19.6. The summed E-state index contributed by atoms with van der Waals surface area (Å²) in [5.74, 6) is 1.52. The van der Waals surface area contributed by atoms with Crippen molar-refractivity contribution in [2.75, 3.05) is 34.8 Å². The third-order valence-corrected chi connectivity index (χ3v) is 5.90. The molecule has 1 amide bonds. The van der Waals surface area contributed by atoms with Crippen molar-refractivity contribution in [3.63, 3.8) is 0 Å². The summed E-state index contributed by atoms with van der Waals surface area (Å²) in [6.45, 7) is 2.90. The van der Waals surface area contributed by atoms with Gasteiger partial charge in [-0.15, -0.1) is 0 Å². The molecule has 1 heterocycles. The topological polar surface area (TPSA) is 32.8 Å². The average Bonchev–Trinajstić information content (AvgIpc) is 2.82. The Hall–Kier alpha value is -2.23. The fourth-order valence-electron chi connectivity index (χ4n) is 4.44. The number of carbonyl (C=O) groups is 1. The predicted octanol–water partition coefficient (Wildman–Crippen LogP) is 4.42. The van der Waals surface area contributed by atoms with Gasteiger partial charge < -0.3 is 14.5 Å². The minimum Gasteiger partial charge on any atom is -0.497 e. The second kappa shape index (κ2) is 8.20. The number of methoxy groups -OCH3 is 1. The van der Waals surface area contributed by atoms with Gasteiger partial charge >= 0.3 is 0 Å². The maximum absolute atomic E-state index is 12.7. The Labute approximate surface area is 163 Å². The molecule has 1 fully saturated rings. The molecule has 0 saturated heterocycles. The van der Waals surface area contributed by atoms with Gasteiger partial charge in [-0.3, -0.25) is 4.79 Å². The molecular weight excluding hydrogens is 336 g/mol. The van der Waals surface area contributed by atoms with Crippen LogP contribution >= 0.6 is 0 Å². The van der Waals surface area contributed by atoms with E-state index < -0.39 is 0 Å². The van der Waals surface area contributed by atoms with Crippen LogP contribution in [0.25, 0.3) is 11.8 Å². The molecule has 27 heavy (non-hydrogen) atoms. The van der Waals surface area contributed by atoms with Crippen LogP contribution in [0, 0.1) is 5.92 Å². The zero-order valence-electron chi connectivity index (χ0n) is 17.3. The summed E-state index contributed by atoms with van der Waals surface area (Å²) in [5.41, 5.74) is 5.80. The highest BCUT2D eigenvalue weighted by atomic mass is 16.5. The van der Waals surface area contributed by atoms with Crippen molar-refractivity contribution in [3.05, 3.63) is 40.5 Å². The number of nitrogens with zero attached hydrogens (tertiary/aromatic N) is 2. The van der Waals surface area contributed by atoms with E-state index in [1.54, 1.807) is 12.0 Å². The Bertz CT molecular complexity index is 771. The second-order valence-corrected chi connectivity index (χ2v) is 8.04. The number of ether oxygens (including phenoxy) is 1. The van der Waals surface area contributed by atoms with E-state index in [1.165, 1.54) is 48.9 Å². The number of rotatable bonds is 3. The lowest BCUT2D eigenvalue weighted by Crippen LogP contribution is -2.29. The highest BCUT2D eigenvalue weighted by Gasteiger charge is 2.26. The Morgan fingerprint density at radius 3 is 2.52 bits per heavy atom. The smallest absolute Gasteiger partial charge is 0.251 e. The molecule has 0 bridgehead atoms. The first-order valence-corrected chi connectivity index (χ1v) is 9.95. The summed E-state index contributed by atoms with van der Waals surface area (Å²) in [6, 6.07) is 6.21. The van der Waals surface area contributed by atoms with Crippen molar-refractivity contribution in [1.29, 1.82) is 0 Å². The molecule has 0 atom stereocenters. The fraction of sp³-hybridized carbons (Fsp3) is 0.522. The van der Waals surface area contributed by atoms with Crippen LogP contribution in [0.15, 0.2) is 29.3 Å². The summed E-state index contributed by atoms with van der Waals surface area (Å²) < 4.78 is 5.45. The first kappa shape index (κ1) is 19.5. The summed E-state index contributed by atoms with van der Waals surface area (Å²) in [4.78, 5) is 16.6.